The Kier molecular flexibility index (Phi) is 4.90. The normalized spacial score (nSPS) is 18.1. The van der Waals surface area contributed by atoms with E-state index in [1.165, 1.54) is 25.5 Å². The molecule has 0 saturated carbocycles. The number of carbonyl (C=O) groups excluding carboxylic acids is 1. The number of piperidine rings is 1. The Labute approximate surface area is 152 Å². The summed E-state index contributed by atoms with van der Waals surface area (Å²) in [6, 6.07) is 2.07. The zero-order valence-electron chi connectivity index (χ0n) is 14.8. The minimum Gasteiger partial charge on any atom is -0.356 e. The average Bonchev–Trinajstić information content (AvgIpc) is 2.75. The minimum atomic E-state index is -0.0607. The lowest BCUT2D eigenvalue weighted by Gasteiger charge is -2.35. The van der Waals surface area contributed by atoms with Crippen molar-refractivity contribution in [1.82, 2.24) is 24.8 Å². The first-order chi connectivity index (χ1) is 12.8. The molecule has 0 unspecified atom stereocenters. The van der Waals surface area contributed by atoms with Gasteiger partial charge in [-0.15, -0.1) is 0 Å². The highest BCUT2D eigenvalue weighted by atomic mass is 16.2. The summed E-state index contributed by atoms with van der Waals surface area (Å²) >= 11 is 0. The van der Waals surface area contributed by atoms with Gasteiger partial charge < -0.3 is 14.7 Å². The average molecular weight is 353 g/mol. The van der Waals surface area contributed by atoms with E-state index in [-0.39, 0.29) is 5.91 Å². The van der Waals surface area contributed by atoms with Gasteiger partial charge in [0.25, 0.3) is 5.91 Å². The Hall–Kier alpha value is -2.77. The number of piperazine rings is 1. The third-order valence-corrected chi connectivity index (χ3v) is 4.99. The molecule has 2 fully saturated rings. The topological polar surface area (TPSA) is 78.4 Å². The number of carbonyl (C=O) groups is 1. The Morgan fingerprint density at radius 2 is 1.50 bits per heavy atom. The van der Waals surface area contributed by atoms with Gasteiger partial charge in [-0.1, -0.05) is 0 Å². The van der Waals surface area contributed by atoms with Gasteiger partial charge in [-0.05, 0) is 19.3 Å². The monoisotopic (exact) mass is 353 g/mol. The summed E-state index contributed by atoms with van der Waals surface area (Å²) in [7, 11) is 0. The van der Waals surface area contributed by atoms with Crippen LogP contribution in [0.3, 0.4) is 0 Å². The lowest BCUT2D eigenvalue weighted by Crippen LogP contribution is -2.49. The fourth-order valence-electron chi connectivity index (χ4n) is 3.52. The predicted octanol–water partition coefficient (Wildman–Crippen LogP) is 1.22. The number of hydrogen-bond acceptors (Lipinski definition) is 7. The third kappa shape index (κ3) is 3.58. The molecular formula is C18H23N7O. The van der Waals surface area contributed by atoms with Crippen LogP contribution in [0.25, 0.3) is 0 Å². The van der Waals surface area contributed by atoms with Gasteiger partial charge >= 0.3 is 0 Å². The molecule has 0 N–H and O–H groups in total. The van der Waals surface area contributed by atoms with Gasteiger partial charge in [0.1, 0.15) is 23.7 Å². The first-order valence-electron chi connectivity index (χ1n) is 9.18. The van der Waals surface area contributed by atoms with Gasteiger partial charge in [0.15, 0.2) is 0 Å². The molecule has 4 rings (SSSR count). The van der Waals surface area contributed by atoms with Gasteiger partial charge in [0.05, 0.1) is 6.20 Å². The van der Waals surface area contributed by atoms with Crippen LogP contribution in [0.1, 0.15) is 29.8 Å². The van der Waals surface area contributed by atoms with Crippen LogP contribution in [-0.2, 0) is 0 Å². The second-order valence-corrected chi connectivity index (χ2v) is 6.65. The first kappa shape index (κ1) is 16.7. The number of anilines is 2. The van der Waals surface area contributed by atoms with Gasteiger partial charge in [-0.2, -0.15) is 0 Å². The molecule has 2 aromatic rings. The van der Waals surface area contributed by atoms with Crippen molar-refractivity contribution in [2.24, 2.45) is 0 Å². The van der Waals surface area contributed by atoms with Crippen LogP contribution in [0.2, 0.25) is 0 Å². The van der Waals surface area contributed by atoms with Crippen LogP contribution in [0.4, 0.5) is 11.6 Å². The molecule has 26 heavy (non-hydrogen) atoms. The van der Waals surface area contributed by atoms with Gasteiger partial charge in [0, 0.05) is 57.7 Å². The smallest absolute Gasteiger partial charge is 0.274 e. The van der Waals surface area contributed by atoms with Crippen molar-refractivity contribution in [2.45, 2.75) is 19.3 Å². The van der Waals surface area contributed by atoms with E-state index < -0.39 is 0 Å². The fourth-order valence-corrected chi connectivity index (χ4v) is 3.52. The number of hydrogen-bond donors (Lipinski definition) is 0. The third-order valence-electron chi connectivity index (χ3n) is 4.99. The first-order valence-corrected chi connectivity index (χ1v) is 9.18. The van der Waals surface area contributed by atoms with Crippen LogP contribution >= 0.6 is 0 Å². The lowest BCUT2D eigenvalue weighted by molar-refractivity contribution is 0.0740. The van der Waals surface area contributed by atoms with Crippen molar-refractivity contribution in [2.75, 3.05) is 49.1 Å². The van der Waals surface area contributed by atoms with Crippen LogP contribution < -0.4 is 9.80 Å². The summed E-state index contributed by atoms with van der Waals surface area (Å²) in [4.78, 5) is 35.8. The van der Waals surface area contributed by atoms with Crippen LogP contribution in [-0.4, -0.2) is 70.0 Å². The van der Waals surface area contributed by atoms with Crippen LogP contribution in [0, 0.1) is 0 Å². The molecule has 136 valence electrons. The van der Waals surface area contributed by atoms with Crippen molar-refractivity contribution in [1.29, 1.82) is 0 Å². The molecule has 0 aliphatic carbocycles. The largest absolute Gasteiger partial charge is 0.356 e. The molecule has 2 aliphatic rings. The molecule has 8 heteroatoms. The second kappa shape index (κ2) is 7.63. The highest BCUT2D eigenvalue weighted by Gasteiger charge is 2.24. The van der Waals surface area contributed by atoms with E-state index in [0.717, 1.165) is 37.8 Å². The van der Waals surface area contributed by atoms with E-state index in [2.05, 4.69) is 35.8 Å². The quantitative estimate of drug-likeness (QED) is 0.821. The molecular weight excluding hydrogens is 330 g/mol. The highest BCUT2D eigenvalue weighted by molar-refractivity contribution is 5.92. The van der Waals surface area contributed by atoms with Gasteiger partial charge in [-0.25, -0.2) is 15.0 Å². The van der Waals surface area contributed by atoms with E-state index >= 15 is 0 Å². The zero-order valence-corrected chi connectivity index (χ0v) is 14.8. The van der Waals surface area contributed by atoms with Gasteiger partial charge in [-0.3, -0.25) is 9.78 Å². The molecule has 2 aromatic heterocycles. The Morgan fingerprint density at radius 3 is 2.15 bits per heavy atom. The van der Waals surface area contributed by atoms with Crippen molar-refractivity contribution in [3.63, 3.8) is 0 Å². The summed E-state index contributed by atoms with van der Waals surface area (Å²) in [5.74, 6) is 1.88. The van der Waals surface area contributed by atoms with E-state index in [1.54, 1.807) is 18.7 Å². The van der Waals surface area contributed by atoms with E-state index in [1.807, 2.05) is 4.90 Å². The van der Waals surface area contributed by atoms with Gasteiger partial charge in [0.2, 0.25) is 0 Å². The molecule has 1 amide bonds. The maximum Gasteiger partial charge on any atom is 0.274 e. The molecule has 0 bridgehead atoms. The number of amides is 1. The Balaban J connectivity index is 1.39. The molecule has 8 nitrogen and oxygen atoms in total. The van der Waals surface area contributed by atoms with Crippen molar-refractivity contribution in [3.05, 3.63) is 36.7 Å². The maximum atomic E-state index is 12.5. The summed E-state index contributed by atoms with van der Waals surface area (Å²) in [6.07, 6.45) is 10.0. The second-order valence-electron chi connectivity index (χ2n) is 6.65. The molecule has 2 saturated heterocycles. The highest BCUT2D eigenvalue weighted by Crippen LogP contribution is 2.22. The summed E-state index contributed by atoms with van der Waals surface area (Å²) in [5, 5.41) is 0. The lowest BCUT2D eigenvalue weighted by atomic mass is 10.1. The van der Waals surface area contributed by atoms with E-state index in [0.29, 0.717) is 18.8 Å². The van der Waals surface area contributed by atoms with Crippen LogP contribution in [0.5, 0.6) is 0 Å². The minimum absolute atomic E-state index is 0.0607. The molecule has 2 aliphatic heterocycles. The van der Waals surface area contributed by atoms with E-state index in [9.17, 15) is 4.79 Å². The fraction of sp³-hybridized carbons (Fsp3) is 0.500. The summed E-state index contributed by atoms with van der Waals surface area (Å²) < 4.78 is 0. The Morgan fingerprint density at radius 1 is 0.808 bits per heavy atom. The molecule has 0 atom stereocenters. The summed E-state index contributed by atoms with van der Waals surface area (Å²) in [6.45, 7) is 4.94. The number of aromatic nitrogens is 4. The van der Waals surface area contributed by atoms with Crippen molar-refractivity contribution < 1.29 is 4.79 Å². The molecule has 0 aromatic carbocycles. The van der Waals surface area contributed by atoms with Crippen LogP contribution in [0.15, 0.2) is 31.0 Å². The van der Waals surface area contributed by atoms with Crippen molar-refractivity contribution >= 4 is 17.5 Å². The van der Waals surface area contributed by atoms with E-state index in [4.69, 9.17) is 0 Å². The Bertz CT molecular complexity index is 740. The summed E-state index contributed by atoms with van der Waals surface area (Å²) in [5.41, 5.74) is 0.398. The molecule has 4 heterocycles. The number of rotatable bonds is 3. The predicted molar refractivity (Wildman–Crippen MR) is 98.2 cm³/mol. The number of nitrogens with zero attached hydrogens (tertiary/aromatic N) is 7. The zero-order chi connectivity index (χ0) is 17.8. The maximum absolute atomic E-state index is 12.5. The molecule has 0 spiro atoms. The standard InChI is InChI=1S/C18H23N7O/c26-18(15-13-19-4-5-20-15)25-10-8-24(9-11-25)17-12-16(21-14-22-17)23-6-2-1-3-7-23/h4-5,12-14H,1-3,6-11H2. The molecule has 0 radical (unpaired) electrons. The van der Waals surface area contributed by atoms with Crippen molar-refractivity contribution in [3.8, 4) is 0 Å². The SMILES string of the molecule is O=C(c1cnccn1)N1CCN(c2cc(N3CCCCC3)ncn2)CC1.